The van der Waals surface area contributed by atoms with Crippen molar-refractivity contribution in [1.29, 1.82) is 0 Å². The summed E-state index contributed by atoms with van der Waals surface area (Å²) in [6, 6.07) is 5.82. The highest BCUT2D eigenvalue weighted by Gasteiger charge is 2.00. The van der Waals surface area contributed by atoms with Crippen LogP contribution in [0.25, 0.3) is 6.08 Å². The Hall–Kier alpha value is -0.950. The molecule has 0 saturated heterocycles. The minimum Gasteiger partial charge on any atom is -0.492 e. The summed E-state index contributed by atoms with van der Waals surface area (Å²) < 4.78 is 5.34. The number of benzene rings is 1. The quantitative estimate of drug-likeness (QED) is 0.728. The summed E-state index contributed by atoms with van der Waals surface area (Å²) in [5, 5.41) is 0.668. The molecule has 76 valence electrons. The zero-order valence-electron chi connectivity index (χ0n) is 8.80. The van der Waals surface area contributed by atoms with E-state index < -0.39 is 0 Å². The zero-order valence-corrected chi connectivity index (χ0v) is 9.56. The van der Waals surface area contributed by atoms with Crippen LogP contribution in [0.4, 0.5) is 0 Å². The third kappa shape index (κ3) is 3.08. The predicted molar refractivity (Wildman–Crippen MR) is 61.9 cm³/mol. The number of hydrogen-bond donors (Lipinski definition) is 0. The molecule has 0 fully saturated rings. The molecule has 14 heavy (non-hydrogen) atoms. The van der Waals surface area contributed by atoms with E-state index in [4.69, 9.17) is 16.3 Å². The molecule has 0 atom stereocenters. The number of allylic oxidation sites excluding steroid dienone is 1. The first kappa shape index (κ1) is 11.1. The van der Waals surface area contributed by atoms with Gasteiger partial charge in [-0.2, -0.15) is 0 Å². The summed E-state index contributed by atoms with van der Waals surface area (Å²) in [7, 11) is 0. The molecule has 1 rings (SSSR count). The fourth-order valence-corrected chi connectivity index (χ4v) is 1.46. The van der Waals surface area contributed by atoms with E-state index in [2.05, 4.69) is 19.9 Å². The lowest BCUT2D eigenvalue weighted by Gasteiger charge is -2.05. The second kappa shape index (κ2) is 5.06. The van der Waals surface area contributed by atoms with Crippen LogP contribution >= 0.6 is 11.6 Å². The van der Waals surface area contributed by atoms with Gasteiger partial charge in [-0.3, -0.25) is 0 Å². The standard InChI is InChI=1S/C12H15ClO/c1-4-14-12-6-5-10(7-9(2)3)8-11(12)13/h5-8H,4H2,1-3H3. The highest BCUT2D eigenvalue weighted by Crippen LogP contribution is 2.26. The Balaban J connectivity index is 2.94. The van der Waals surface area contributed by atoms with Gasteiger partial charge >= 0.3 is 0 Å². The highest BCUT2D eigenvalue weighted by atomic mass is 35.5. The Kier molecular flexibility index (Phi) is 4.02. The predicted octanol–water partition coefficient (Wildman–Crippen LogP) is 4.16. The van der Waals surface area contributed by atoms with Crippen LogP contribution in [0.3, 0.4) is 0 Å². The van der Waals surface area contributed by atoms with Crippen molar-refractivity contribution < 1.29 is 4.74 Å². The van der Waals surface area contributed by atoms with Gasteiger partial charge in [-0.25, -0.2) is 0 Å². The maximum atomic E-state index is 6.04. The Morgan fingerprint density at radius 3 is 2.64 bits per heavy atom. The summed E-state index contributed by atoms with van der Waals surface area (Å²) in [6.07, 6.45) is 2.08. The van der Waals surface area contributed by atoms with E-state index in [1.165, 1.54) is 5.57 Å². The van der Waals surface area contributed by atoms with Gasteiger partial charge in [0.05, 0.1) is 11.6 Å². The molecule has 0 spiro atoms. The first-order valence-corrected chi connectivity index (χ1v) is 5.08. The van der Waals surface area contributed by atoms with E-state index in [9.17, 15) is 0 Å². The second-order valence-electron chi connectivity index (χ2n) is 3.34. The van der Waals surface area contributed by atoms with Gasteiger partial charge < -0.3 is 4.74 Å². The molecule has 0 aliphatic heterocycles. The Morgan fingerprint density at radius 1 is 1.43 bits per heavy atom. The van der Waals surface area contributed by atoms with Crippen LogP contribution < -0.4 is 4.74 Å². The van der Waals surface area contributed by atoms with Crippen LogP contribution in [0, 0.1) is 0 Å². The van der Waals surface area contributed by atoms with E-state index >= 15 is 0 Å². The molecule has 1 nitrogen and oxygen atoms in total. The van der Waals surface area contributed by atoms with Crippen LogP contribution in [-0.2, 0) is 0 Å². The minimum absolute atomic E-state index is 0.641. The average molecular weight is 211 g/mol. The fourth-order valence-electron chi connectivity index (χ4n) is 1.21. The normalized spacial score (nSPS) is 9.71. The average Bonchev–Trinajstić information content (AvgIpc) is 2.09. The molecule has 0 aromatic heterocycles. The Bertz CT molecular complexity index is 338. The van der Waals surface area contributed by atoms with Crippen molar-refractivity contribution in [2.75, 3.05) is 6.61 Å². The van der Waals surface area contributed by atoms with Gasteiger partial charge in [0, 0.05) is 0 Å². The molecule has 0 N–H and O–H groups in total. The number of hydrogen-bond acceptors (Lipinski definition) is 1. The maximum absolute atomic E-state index is 6.04. The molecule has 0 aliphatic carbocycles. The topological polar surface area (TPSA) is 9.23 Å². The van der Waals surface area contributed by atoms with Crippen molar-refractivity contribution in [3.8, 4) is 5.75 Å². The van der Waals surface area contributed by atoms with Crippen molar-refractivity contribution in [3.05, 3.63) is 34.4 Å². The molecule has 2 heteroatoms. The molecule has 0 heterocycles. The molecule has 0 unspecified atom stereocenters. The molecule has 1 aromatic carbocycles. The van der Waals surface area contributed by atoms with Gasteiger partial charge in [-0.1, -0.05) is 29.3 Å². The van der Waals surface area contributed by atoms with Crippen LogP contribution in [-0.4, -0.2) is 6.61 Å². The van der Waals surface area contributed by atoms with Crippen LogP contribution in [0.2, 0.25) is 5.02 Å². The monoisotopic (exact) mass is 210 g/mol. The van der Waals surface area contributed by atoms with Crippen molar-refractivity contribution in [3.63, 3.8) is 0 Å². The zero-order chi connectivity index (χ0) is 10.6. The largest absolute Gasteiger partial charge is 0.492 e. The summed E-state index contributed by atoms with van der Waals surface area (Å²) in [5.74, 6) is 0.750. The van der Waals surface area contributed by atoms with Crippen molar-refractivity contribution in [1.82, 2.24) is 0 Å². The summed E-state index contributed by atoms with van der Waals surface area (Å²) in [6.45, 7) is 6.71. The molecule has 0 saturated carbocycles. The molecule has 1 aromatic rings. The summed E-state index contributed by atoms with van der Waals surface area (Å²) in [4.78, 5) is 0. The van der Waals surface area contributed by atoms with E-state index in [0.717, 1.165) is 11.3 Å². The maximum Gasteiger partial charge on any atom is 0.137 e. The van der Waals surface area contributed by atoms with Gasteiger partial charge in [0.25, 0.3) is 0 Å². The number of rotatable bonds is 3. The lowest BCUT2D eigenvalue weighted by molar-refractivity contribution is 0.340. The number of halogens is 1. The summed E-state index contributed by atoms with van der Waals surface area (Å²) >= 11 is 6.04. The number of ether oxygens (including phenoxy) is 1. The van der Waals surface area contributed by atoms with E-state index in [-0.39, 0.29) is 0 Å². The molecular weight excluding hydrogens is 196 g/mol. The lowest BCUT2D eigenvalue weighted by atomic mass is 10.1. The van der Waals surface area contributed by atoms with Gasteiger partial charge in [0.2, 0.25) is 0 Å². The van der Waals surface area contributed by atoms with Gasteiger partial charge in [-0.15, -0.1) is 0 Å². The van der Waals surface area contributed by atoms with Crippen molar-refractivity contribution in [2.24, 2.45) is 0 Å². The molecule has 0 amide bonds. The van der Waals surface area contributed by atoms with E-state index in [1.807, 2.05) is 25.1 Å². The molecule has 0 aliphatic rings. The lowest BCUT2D eigenvalue weighted by Crippen LogP contribution is -1.92. The van der Waals surface area contributed by atoms with Crippen molar-refractivity contribution in [2.45, 2.75) is 20.8 Å². The minimum atomic E-state index is 0.641. The van der Waals surface area contributed by atoms with Gasteiger partial charge in [-0.05, 0) is 38.5 Å². The van der Waals surface area contributed by atoms with E-state index in [0.29, 0.717) is 11.6 Å². The molecular formula is C12H15ClO. The summed E-state index contributed by atoms with van der Waals surface area (Å²) in [5.41, 5.74) is 2.36. The van der Waals surface area contributed by atoms with Crippen LogP contribution in [0.15, 0.2) is 23.8 Å². The van der Waals surface area contributed by atoms with Gasteiger partial charge in [0.1, 0.15) is 5.75 Å². The van der Waals surface area contributed by atoms with Crippen molar-refractivity contribution >= 4 is 17.7 Å². The highest BCUT2D eigenvalue weighted by molar-refractivity contribution is 6.32. The van der Waals surface area contributed by atoms with Gasteiger partial charge in [0.15, 0.2) is 0 Å². The van der Waals surface area contributed by atoms with E-state index in [1.54, 1.807) is 0 Å². The third-order valence-electron chi connectivity index (χ3n) is 1.71. The Labute approximate surface area is 90.3 Å². The van der Waals surface area contributed by atoms with Crippen LogP contribution in [0.1, 0.15) is 26.3 Å². The second-order valence-corrected chi connectivity index (χ2v) is 3.75. The first-order chi connectivity index (χ1) is 6.63. The molecule has 0 radical (unpaired) electrons. The molecule has 0 bridgehead atoms. The SMILES string of the molecule is CCOc1ccc(C=C(C)C)cc1Cl. The smallest absolute Gasteiger partial charge is 0.137 e. The first-order valence-electron chi connectivity index (χ1n) is 4.70. The third-order valence-corrected chi connectivity index (χ3v) is 2.01. The fraction of sp³-hybridized carbons (Fsp3) is 0.333. The van der Waals surface area contributed by atoms with Crippen LogP contribution in [0.5, 0.6) is 5.75 Å². The Morgan fingerprint density at radius 2 is 2.14 bits per heavy atom.